The van der Waals surface area contributed by atoms with Gasteiger partial charge in [-0.15, -0.1) is 0 Å². The van der Waals surface area contributed by atoms with Crippen LogP contribution in [0.4, 0.5) is 4.39 Å². The van der Waals surface area contributed by atoms with Gasteiger partial charge in [0, 0.05) is 23.7 Å². The molecule has 0 saturated carbocycles. The lowest BCUT2D eigenvalue weighted by molar-refractivity contribution is 0.588. The smallest absolute Gasteiger partial charge is 0.127 e. The van der Waals surface area contributed by atoms with E-state index in [-0.39, 0.29) is 5.82 Å². The van der Waals surface area contributed by atoms with Gasteiger partial charge in [0.15, 0.2) is 0 Å². The molecule has 0 aliphatic heterocycles. The predicted molar refractivity (Wildman–Crippen MR) is 73.1 cm³/mol. The minimum atomic E-state index is -0.275. The Bertz CT molecular complexity index is 620. The molecule has 2 aromatic carbocycles. The van der Waals surface area contributed by atoms with Crippen molar-refractivity contribution in [1.82, 2.24) is 5.32 Å². The van der Waals surface area contributed by atoms with Gasteiger partial charge < -0.3 is 5.32 Å². The molecule has 19 heavy (non-hydrogen) atoms. The van der Waals surface area contributed by atoms with E-state index in [2.05, 4.69) is 11.4 Å². The fourth-order valence-electron chi connectivity index (χ4n) is 1.77. The minimum absolute atomic E-state index is 0.275. The topological polar surface area (TPSA) is 35.8 Å². The Balaban J connectivity index is 1.96. The third kappa shape index (κ3) is 3.78. The van der Waals surface area contributed by atoms with Gasteiger partial charge in [0.25, 0.3) is 0 Å². The van der Waals surface area contributed by atoms with Gasteiger partial charge in [-0.05, 0) is 35.9 Å². The van der Waals surface area contributed by atoms with Crippen LogP contribution >= 0.6 is 11.6 Å². The van der Waals surface area contributed by atoms with Crippen LogP contribution in [0.15, 0.2) is 42.5 Å². The van der Waals surface area contributed by atoms with E-state index < -0.39 is 0 Å². The van der Waals surface area contributed by atoms with Crippen LogP contribution in [-0.2, 0) is 13.1 Å². The lowest BCUT2D eigenvalue weighted by Gasteiger charge is -2.07. The highest BCUT2D eigenvalue weighted by molar-refractivity contribution is 6.30. The van der Waals surface area contributed by atoms with Crippen molar-refractivity contribution in [2.24, 2.45) is 0 Å². The van der Waals surface area contributed by atoms with Crippen molar-refractivity contribution in [1.29, 1.82) is 5.26 Å². The van der Waals surface area contributed by atoms with Crippen molar-refractivity contribution in [3.63, 3.8) is 0 Å². The van der Waals surface area contributed by atoms with Crippen molar-refractivity contribution in [2.45, 2.75) is 13.1 Å². The summed E-state index contributed by atoms with van der Waals surface area (Å²) in [5.74, 6) is -0.275. The largest absolute Gasteiger partial charge is 0.309 e. The van der Waals surface area contributed by atoms with E-state index in [1.165, 1.54) is 12.1 Å². The highest BCUT2D eigenvalue weighted by Gasteiger charge is 2.02. The number of halogens is 2. The van der Waals surface area contributed by atoms with Crippen LogP contribution in [0.2, 0.25) is 5.02 Å². The zero-order valence-corrected chi connectivity index (χ0v) is 10.9. The second kappa shape index (κ2) is 6.33. The molecule has 0 atom stereocenters. The predicted octanol–water partition coefficient (Wildman–Crippen LogP) is 3.64. The molecule has 0 unspecified atom stereocenters. The van der Waals surface area contributed by atoms with Crippen LogP contribution in [0.3, 0.4) is 0 Å². The molecule has 0 heterocycles. The van der Waals surface area contributed by atoms with E-state index in [0.717, 1.165) is 5.56 Å². The molecule has 4 heteroatoms. The lowest BCUT2D eigenvalue weighted by Crippen LogP contribution is -2.13. The fourth-order valence-corrected chi connectivity index (χ4v) is 1.97. The first-order valence-corrected chi connectivity index (χ1v) is 6.20. The monoisotopic (exact) mass is 274 g/mol. The Hall–Kier alpha value is -1.89. The van der Waals surface area contributed by atoms with E-state index in [1.807, 2.05) is 12.1 Å². The Labute approximate surface area is 116 Å². The maximum Gasteiger partial charge on any atom is 0.127 e. The third-order valence-corrected chi connectivity index (χ3v) is 2.94. The highest BCUT2D eigenvalue weighted by Crippen LogP contribution is 2.14. The van der Waals surface area contributed by atoms with Crippen molar-refractivity contribution < 1.29 is 4.39 Å². The molecule has 0 aromatic heterocycles. The van der Waals surface area contributed by atoms with Gasteiger partial charge >= 0.3 is 0 Å². The van der Waals surface area contributed by atoms with Crippen molar-refractivity contribution >= 4 is 11.6 Å². The van der Waals surface area contributed by atoms with E-state index in [0.29, 0.717) is 29.2 Å². The molecule has 2 nitrogen and oxygen atoms in total. The Morgan fingerprint density at radius 1 is 1.16 bits per heavy atom. The molecule has 96 valence electrons. The van der Waals surface area contributed by atoms with E-state index in [4.69, 9.17) is 16.9 Å². The summed E-state index contributed by atoms with van der Waals surface area (Å²) in [5.41, 5.74) is 2.14. The summed E-state index contributed by atoms with van der Waals surface area (Å²) in [6.45, 7) is 0.963. The van der Waals surface area contributed by atoms with Crippen LogP contribution in [0.5, 0.6) is 0 Å². The third-order valence-electron chi connectivity index (χ3n) is 2.71. The molecule has 0 aliphatic carbocycles. The Morgan fingerprint density at radius 2 is 2.00 bits per heavy atom. The van der Waals surface area contributed by atoms with E-state index in [9.17, 15) is 4.39 Å². The molecule has 0 spiro atoms. The normalized spacial score (nSPS) is 10.2. The molecule has 0 saturated heterocycles. The molecule has 1 N–H and O–H groups in total. The molecule has 0 radical (unpaired) electrons. The van der Waals surface area contributed by atoms with E-state index >= 15 is 0 Å². The van der Waals surface area contributed by atoms with Crippen molar-refractivity contribution in [2.75, 3.05) is 0 Å². The van der Waals surface area contributed by atoms with Crippen LogP contribution in [0.25, 0.3) is 0 Å². The summed E-state index contributed by atoms with van der Waals surface area (Å²) >= 11 is 5.82. The van der Waals surface area contributed by atoms with Gasteiger partial charge in [0.05, 0.1) is 11.6 Å². The number of hydrogen-bond donors (Lipinski definition) is 1. The fraction of sp³-hybridized carbons (Fsp3) is 0.133. The first kappa shape index (κ1) is 13.5. The van der Waals surface area contributed by atoms with Crippen LogP contribution in [0, 0.1) is 17.1 Å². The summed E-state index contributed by atoms with van der Waals surface area (Å²) in [7, 11) is 0. The number of nitrogens with zero attached hydrogens (tertiary/aromatic N) is 1. The maximum atomic E-state index is 13.5. The summed E-state index contributed by atoms with van der Waals surface area (Å²) in [6, 6.07) is 13.9. The average Bonchev–Trinajstić information content (AvgIpc) is 2.43. The van der Waals surface area contributed by atoms with Gasteiger partial charge in [-0.25, -0.2) is 4.39 Å². The van der Waals surface area contributed by atoms with Gasteiger partial charge in [0.2, 0.25) is 0 Å². The standard InChI is InChI=1S/C15H12ClFN2/c16-14-4-5-15(17)13(7-14)10-19-9-12-3-1-2-11(6-12)8-18/h1-7,19H,9-10H2. The Morgan fingerprint density at radius 3 is 2.79 bits per heavy atom. The summed E-state index contributed by atoms with van der Waals surface area (Å²) < 4.78 is 13.5. The maximum absolute atomic E-state index is 13.5. The molecular formula is C15H12ClFN2. The molecule has 2 aromatic rings. The first-order valence-electron chi connectivity index (χ1n) is 5.83. The number of nitrogens with one attached hydrogen (secondary N) is 1. The molecule has 0 bridgehead atoms. The van der Waals surface area contributed by atoms with Gasteiger partial charge in [-0.2, -0.15) is 5.26 Å². The van der Waals surface area contributed by atoms with Crippen molar-refractivity contribution in [3.8, 4) is 6.07 Å². The second-order valence-electron chi connectivity index (χ2n) is 4.15. The molecular weight excluding hydrogens is 263 g/mol. The SMILES string of the molecule is N#Cc1cccc(CNCc2cc(Cl)ccc2F)c1. The second-order valence-corrected chi connectivity index (χ2v) is 4.59. The number of hydrogen-bond acceptors (Lipinski definition) is 2. The average molecular weight is 275 g/mol. The molecule has 0 aliphatic rings. The van der Waals surface area contributed by atoms with Crippen LogP contribution in [0.1, 0.15) is 16.7 Å². The van der Waals surface area contributed by atoms with Crippen LogP contribution < -0.4 is 5.32 Å². The Kier molecular flexibility index (Phi) is 4.51. The van der Waals surface area contributed by atoms with Crippen molar-refractivity contribution in [3.05, 3.63) is 70.0 Å². The molecule has 0 fully saturated rings. The first-order chi connectivity index (χ1) is 9.19. The zero-order chi connectivity index (χ0) is 13.7. The van der Waals surface area contributed by atoms with Gasteiger partial charge in [0.1, 0.15) is 5.82 Å². The number of benzene rings is 2. The minimum Gasteiger partial charge on any atom is -0.309 e. The quantitative estimate of drug-likeness (QED) is 0.924. The molecule has 2 rings (SSSR count). The molecule has 0 amide bonds. The van der Waals surface area contributed by atoms with Gasteiger partial charge in [-0.3, -0.25) is 0 Å². The summed E-state index contributed by atoms with van der Waals surface area (Å²) in [5, 5.41) is 12.4. The lowest BCUT2D eigenvalue weighted by atomic mass is 10.1. The zero-order valence-electron chi connectivity index (χ0n) is 10.2. The number of nitriles is 1. The van der Waals surface area contributed by atoms with Gasteiger partial charge in [-0.1, -0.05) is 23.7 Å². The van der Waals surface area contributed by atoms with E-state index in [1.54, 1.807) is 18.2 Å². The van der Waals surface area contributed by atoms with Crippen LogP contribution in [-0.4, -0.2) is 0 Å². The summed E-state index contributed by atoms with van der Waals surface area (Å²) in [6.07, 6.45) is 0. The number of rotatable bonds is 4. The highest BCUT2D eigenvalue weighted by atomic mass is 35.5. The summed E-state index contributed by atoms with van der Waals surface area (Å²) in [4.78, 5) is 0.